The molecule has 4 heteroatoms. The number of rotatable bonds is 5. The van der Waals surface area contributed by atoms with Gasteiger partial charge in [-0.1, -0.05) is 6.08 Å². The smallest absolute Gasteiger partial charge is 0.243 e. The third-order valence-corrected chi connectivity index (χ3v) is 3.53. The van der Waals surface area contributed by atoms with E-state index < -0.39 is 0 Å². The van der Waals surface area contributed by atoms with Crippen molar-refractivity contribution in [3.63, 3.8) is 0 Å². The van der Waals surface area contributed by atoms with Crippen molar-refractivity contribution in [2.45, 2.75) is 38.8 Å². The fraction of sp³-hybridized carbons (Fsp3) is 0.786. The normalized spacial score (nSPS) is 22.8. The van der Waals surface area contributed by atoms with Gasteiger partial charge < -0.3 is 5.32 Å². The summed E-state index contributed by atoms with van der Waals surface area (Å²) in [5.74, 6) is 0.0154. The highest BCUT2D eigenvalue weighted by Gasteiger charge is 2.30. The van der Waals surface area contributed by atoms with Gasteiger partial charge in [-0.15, -0.1) is 0 Å². The summed E-state index contributed by atoms with van der Waals surface area (Å²) in [4.78, 5) is 16.4. The number of hydrogen-bond donors (Lipinski definition) is 1. The fourth-order valence-electron chi connectivity index (χ4n) is 2.39. The van der Waals surface area contributed by atoms with Crippen molar-refractivity contribution in [1.82, 2.24) is 15.1 Å². The molecule has 0 spiro atoms. The lowest BCUT2D eigenvalue weighted by Gasteiger charge is -2.34. The highest BCUT2D eigenvalue weighted by molar-refractivity contribution is 5.87. The average Bonchev–Trinajstić information content (AvgIpc) is 3.13. The van der Waals surface area contributed by atoms with Crippen LogP contribution < -0.4 is 5.32 Å². The van der Waals surface area contributed by atoms with Crippen LogP contribution in [0.3, 0.4) is 0 Å². The predicted octanol–water partition coefficient (Wildman–Crippen LogP) is 0.847. The molecule has 1 aliphatic carbocycles. The molecule has 0 unspecified atom stereocenters. The van der Waals surface area contributed by atoms with E-state index in [1.54, 1.807) is 6.08 Å². The van der Waals surface area contributed by atoms with E-state index in [1.807, 2.05) is 19.9 Å². The van der Waals surface area contributed by atoms with Crippen LogP contribution in [0.5, 0.6) is 0 Å². The molecule has 2 fully saturated rings. The number of amides is 1. The van der Waals surface area contributed by atoms with Gasteiger partial charge >= 0.3 is 0 Å². The van der Waals surface area contributed by atoms with E-state index in [9.17, 15) is 4.79 Å². The maximum atomic E-state index is 11.4. The number of piperazine rings is 1. The summed E-state index contributed by atoms with van der Waals surface area (Å²) in [7, 11) is 0. The highest BCUT2D eigenvalue weighted by Crippen LogP contribution is 2.27. The maximum absolute atomic E-state index is 11.4. The summed E-state index contributed by atoms with van der Waals surface area (Å²) in [6.45, 7) is 9.49. The van der Waals surface area contributed by atoms with Gasteiger partial charge in [0.2, 0.25) is 5.91 Å². The van der Waals surface area contributed by atoms with E-state index in [2.05, 4.69) is 15.1 Å². The zero-order valence-electron chi connectivity index (χ0n) is 11.6. The highest BCUT2D eigenvalue weighted by atomic mass is 16.1. The van der Waals surface area contributed by atoms with Crippen LogP contribution in [-0.2, 0) is 4.79 Å². The van der Waals surface area contributed by atoms with Crippen LogP contribution in [0.25, 0.3) is 0 Å². The molecule has 1 amide bonds. The first-order chi connectivity index (χ1) is 8.65. The number of carbonyl (C=O) groups excluding carboxylic acids is 1. The Morgan fingerprint density at radius 1 is 1.28 bits per heavy atom. The fourth-order valence-corrected chi connectivity index (χ4v) is 2.39. The standard InChI is InChI=1S/C14H25N3O/c1-12(2)15-14(18)4-3-7-16-8-10-17(11-9-16)13-5-6-13/h3-4,12-13H,5-11H2,1-2H3,(H,15,18)/b4-3+. The summed E-state index contributed by atoms with van der Waals surface area (Å²) in [6.07, 6.45) is 6.43. The number of nitrogens with zero attached hydrogens (tertiary/aromatic N) is 2. The van der Waals surface area contributed by atoms with E-state index >= 15 is 0 Å². The van der Waals surface area contributed by atoms with Crippen LogP contribution in [0.15, 0.2) is 12.2 Å². The number of nitrogens with one attached hydrogen (secondary N) is 1. The molecule has 18 heavy (non-hydrogen) atoms. The molecule has 0 atom stereocenters. The molecule has 1 saturated heterocycles. The first-order valence-electron chi connectivity index (χ1n) is 7.08. The van der Waals surface area contributed by atoms with Crippen LogP contribution in [0.2, 0.25) is 0 Å². The van der Waals surface area contributed by atoms with Crippen molar-refractivity contribution in [1.29, 1.82) is 0 Å². The van der Waals surface area contributed by atoms with Crippen LogP contribution in [-0.4, -0.2) is 60.5 Å². The topological polar surface area (TPSA) is 35.6 Å². The Bertz CT molecular complexity index is 302. The second-order valence-corrected chi connectivity index (χ2v) is 5.63. The van der Waals surface area contributed by atoms with Gasteiger partial charge in [0.25, 0.3) is 0 Å². The van der Waals surface area contributed by atoms with Crippen molar-refractivity contribution in [3.05, 3.63) is 12.2 Å². The SMILES string of the molecule is CC(C)NC(=O)/C=C/CN1CCN(C2CC2)CC1. The molecule has 0 aromatic rings. The van der Waals surface area contributed by atoms with Crippen molar-refractivity contribution in [2.24, 2.45) is 0 Å². The Balaban J connectivity index is 1.62. The Morgan fingerprint density at radius 3 is 2.50 bits per heavy atom. The molecule has 2 rings (SSSR count). The van der Waals surface area contributed by atoms with Gasteiger partial charge in [0.1, 0.15) is 0 Å². The van der Waals surface area contributed by atoms with E-state index in [0.717, 1.165) is 25.7 Å². The Hall–Kier alpha value is -0.870. The minimum atomic E-state index is 0.0154. The van der Waals surface area contributed by atoms with Gasteiger partial charge in [0, 0.05) is 50.9 Å². The zero-order chi connectivity index (χ0) is 13.0. The lowest BCUT2D eigenvalue weighted by atomic mass is 10.3. The maximum Gasteiger partial charge on any atom is 0.243 e. The van der Waals surface area contributed by atoms with Gasteiger partial charge in [-0.05, 0) is 26.7 Å². The molecule has 0 aromatic heterocycles. The third kappa shape index (κ3) is 4.42. The molecular formula is C14H25N3O. The van der Waals surface area contributed by atoms with Gasteiger partial charge in [-0.3, -0.25) is 14.6 Å². The Labute approximate surface area is 110 Å². The number of hydrogen-bond acceptors (Lipinski definition) is 3. The monoisotopic (exact) mass is 251 g/mol. The largest absolute Gasteiger partial charge is 0.350 e. The van der Waals surface area contributed by atoms with Gasteiger partial charge in [-0.2, -0.15) is 0 Å². The summed E-state index contributed by atoms with van der Waals surface area (Å²) < 4.78 is 0. The minimum absolute atomic E-state index is 0.0154. The van der Waals surface area contributed by atoms with Gasteiger partial charge in [0.05, 0.1) is 0 Å². The lowest BCUT2D eigenvalue weighted by molar-refractivity contribution is -0.116. The van der Waals surface area contributed by atoms with Crippen molar-refractivity contribution >= 4 is 5.91 Å². The van der Waals surface area contributed by atoms with Gasteiger partial charge in [0.15, 0.2) is 0 Å². The van der Waals surface area contributed by atoms with Gasteiger partial charge in [-0.25, -0.2) is 0 Å². The molecule has 0 radical (unpaired) electrons. The Kier molecular flexibility index (Phi) is 4.78. The summed E-state index contributed by atoms with van der Waals surface area (Å²) in [6, 6.07) is 1.10. The number of carbonyl (C=O) groups is 1. The second-order valence-electron chi connectivity index (χ2n) is 5.63. The average molecular weight is 251 g/mol. The zero-order valence-corrected chi connectivity index (χ0v) is 11.6. The molecular weight excluding hydrogens is 226 g/mol. The molecule has 1 saturated carbocycles. The van der Waals surface area contributed by atoms with Crippen LogP contribution in [0, 0.1) is 0 Å². The first kappa shape index (κ1) is 13.6. The first-order valence-corrected chi connectivity index (χ1v) is 7.08. The summed E-state index contributed by atoms with van der Waals surface area (Å²) in [5.41, 5.74) is 0. The van der Waals surface area contributed by atoms with Crippen molar-refractivity contribution < 1.29 is 4.79 Å². The molecule has 0 bridgehead atoms. The van der Waals surface area contributed by atoms with Crippen LogP contribution in [0.1, 0.15) is 26.7 Å². The lowest BCUT2D eigenvalue weighted by Crippen LogP contribution is -2.47. The quantitative estimate of drug-likeness (QED) is 0.736. The van der Waals surface area contributed by atoms with Crippen LogP contribution in [0.4, 0.5) is 0 Å². The third-order valence-electron chi connectivity index (χ3n) is 3.53. The molecule has 1 N–H and O–H groups in total. The summed E-state index contributed by atoms with van der Waals surface area (Å²) >= 11 is 0. The van der Waals surface area contributed by atoms with E-state index in [0.29, 0.717) is 0 Å². The molecule has 1 heterocycles. The van der Waals surface area contributed by atoms with Crippen LogP contribution >= 0.6 is 0 Å². The van der Waals surface area contributed by atoms with E-state index in [4.69, 9.17) is 0 Å². The molecule has 0 aromatic carbocycles. The molecule has 102 valence electrons. The van der Waals surface area contributed by atoms with Crippen molar-refractivity contribution in [3.8, 4) is 0 Å². The minimum Gasteiger partial charge on any atom is -0.350 e. The molecule has 4 nitrogen and oxygen atoms in total. The van der Waals surface area contributed by atoms with E-state index in [1.165, 1.54) is 25.9 Å². The summed E-state index contributed by atoms with van der Waals surface area (Å²) in [5, 5.41) is 2.86. The second kappa shape index (κ2) is 6.34. The Morgan fingerprint density at radius 2 is 1.94 bits per heavy atom. The van der Waals surface area contributed by atoms with E-state index in [-0.39, 0.29) is 11.9 Å². The van der Waals surface area contributed by atoms with Crippen molar-refractivity contribution in [2.75, 3.05) is 32.7 Å². The predicted molar refractivity (Wildman–Crippen MR) is 73.5 cm³/mol. The molecule has 1 aliphatic heterocycles. The molecule has 2 aliphatic rings.